The second-order valence-corrected chi connectivity index (χ2v) is 10.9. The summed E-state index contributed by atoms with van der Waals surface area (Å²) >= 11 is 0. The van der Waals surface area contributed by atoms with Crippen LogP contribution in [0.3, 0.4) is 0 Å². The third-order valence-corrected chi connectivity index (χ3v) is 7.27. The molecule has 1 amide bonds. The van der Waals surface area contributed by atoms with E-state index in [2.05, 4.69) is 35.5 Å². The summed E-state index contributed by atoms with van der Waals surface area (Å²) in [5, 5.41) is 11.3. The van der Waals surface area contributed by atoms with Gasteiger partial charge in [-0.3, -0.25) is 24.8 Å². The number of rotatable bonds is 9. The number of fused-ring (bicyclic) bond motifs is 2. The van der Waals surface area contributed by atoms with Crippen molar-refractivity contribution >= 4 is 33.5 Å². The first-order valence-electron chi connectivity index (χ1n) is 14.0. The van der Waals surface area contributed by atoms with Gasteiger partial charge < -0.3 is 19.9 Å². The number of aromatic nitrogens is 7. The lowest BCUT2D eigenvalue weighted by molar-refractivity contribution is -0.117. The molecule has 1 aromatic carbocycles. The second-order valence-electron chi connectivity index (χ2n) is 10.9. The van der Waals surface area contributed by atoms with Crippen LogP contribution >= 0.6 is 0 Å². The Hall–Kier alpha value is -5.23. The van der Waals surface area contributed by atoms with E-state index in [1.165, 1.54) is 12.1 Å². The van der Waals surface area contributed by atoms with Crippen LogP contribution in [0.4, 0.5) is 10.1 Å². The molecule has 1 saturated carbocycles. The fourth-order valence-electron chi connectivity index (χ4n) is 4.88. The van der Waals surface area contributed by atoms with Crippen LogP contribution in [-0.4, -0.2) is 73.2 Å². The fraction of sp³-hybridized carbons (Fsp3) is 0.226. The molecule has 0 unspecified atom stereocenters. The number of H-pyrrole nitrogens is 2. The molecular formula is C31H28FN9O2. The predicted molar refractivity (Wildman–Crippen MR) is 161 cm³/mol. The number of nitrogens with zero attached hydrogens (tertiary/aromatic N) is 6. The van der Waals surface area contributed by atoms with Crippen LogP contribution in [0.2, 0.25) is 0 Å². The average Bonchev–Trinajstić information content (AvgIpc) is 3.62. The van der Waals surface area contributed by atoms with E-state index in [-0.39, 0.29) is 11.8 Å². The van der Waals surface area contributed by atoms with E-state index in [9.17, 15) is 9.18 Å². The average molecular weight is 578 g/mol. The molecule has 5 heterocycles. The highest BCUT2D eigenvalue weighted by molar-refractivity contribution is 5.97. The highest BCUT2D eigenvalue weighted by atomic mass is 19.1. The number of likely N-dealkylation sites (N-methyl/N-ethyl adjacent to an activating group) is 1. The lowest BCUT2D eigenvalue weighted by Gasteiger charge is -2.12. The number of aromatic amines is 2. The van der Waals surface area contributed by atoms with Gasteiger partial charge in [0.05, 0.1) is 40.5 Å². The van der Waals surface area contributed by atoms with E-state index in [0.29, 0.717) is 58.6 Å². The zero-order valence-corrected chi connectivity index (χ0v) is 23.6. The summed E-state index contributed by atoms with van der Waals surface area (Å²) in [5.41, 5.74) is 5.78. The lowest BCUT2D eigenvalue weighted by Crippen LogP contribution is -2.19. The second kappa shape index (κ2) is 10.9. The first-order valence-corrected chi connectivity index (χ1v) is 14.0. The minimum absolute atomic E-state index is 0.0181. The molecule has 0 bridgehead atoms. The van der Waals surface area contributed by atoms with Gasteiger partial charge in [0.2, 0.25) is 5.91 Å². The van der Waals surface area contributed by atoms with Gasteiger partial charge in [-0.15, -0.1) is 0 Å². The molecule has 1 aliphatic rings. The van der Waals surface area contributed by atoms with Crippen LogP contribution in [0.15, 0.2) is 61.2 Å². The van der Waals surface area contributed by atoms with Crippen LogP contribution in [0.1, 0.15) is 12.8 Å². The molecule has 5 aromatic heterocycles. The zero-order valence-electron chi connectivity index (χ0n) is 23.6. The van der Waals surface area contributed by atoms with Gasteiger partial charge in [-0.2, -0.15) is 5.10 Å². The molecule has 43 heavy (non-hydrogen) atoms. The molecule has 1 fully saturated rings. The predicted octanol–water partition coefficient (Wildman–Crippen LogP) is 5.05. The molecule has 0 saturated heterocycles. The fourth-order valence-corrected chi connectivity index (χ4v) is 4.88. The van der Waals surface area contributed by atoms with E-state index in [1.54, 1.807) is 30.9 Å². The number of hydrogen-bond donors (Lipinski definition) is 3. The van der Waals surface area contributed by atoms with E-state index >= 15 is 0 Å². The highest BCUT2D eigenvalue weighted by Crippen LogP contribution is 2.34. The normalized spacial score (nSPS) is 13.2. The summed E-state index contributed by atoms with van der Waals surface area (Å²) in [6.07, 6.45) is 8.55. The first-order chi connectivity index (χ1) is 20.9. The Morgan fingerprint density at radius 2 is 1.93 bits per heavy atom. The number of carbonyl (C=O) groups is 1. The van der Waals surface area contributed by atoms with Crippen LogP contribution < -0.4 is 10.1 Å². The Morgan fingerprint density at radius 1 is 1.05 bits per heavy atom. The molecule has 7 rings (SSSR count). The molecule has 0 radical (unpaired) electrons. The molecule has 0 aliphatic heterocycles. The molecule has 12 heteroatoms. The van der Waals surface area contributed by atoms with Crippen molar-refractivity contribution in [2.24, 2.45) is 5.92 Å². The van der Waals surface area contributed by atoms with Crippen molar-refractivity contribution in [2.75, 3.05) is 32.6 Å². The van der Waals surface area contributed by atoms with Crippen molar-refractivity contribution in [2.45, 2.75) is 12.8 Å². The monoisotopic (exact) mass is 577 g/mol. The van der Waals surface area contributed by atoms with Gasteiger partial charge in [0, 0.05) is 47.4 Å². The van der Waals surface area contributed by atoms with Crippen LogP contribution in [-0.2, 0) is 4.79 Å². The smallest absolute Gasteiger partial charge is 0.227 e. The van der Waals surface area contributed by atoms with Crippen molar-refractivity contribution in [1.82, 2.24) is 40.0 Å². The number of amides is 1. The summed E-state index contributed by atoms with van der Waals surface area (Å²) in [7, 11) is 3.90. The Bertz CT molecular complexity index is 1980. The summed E-state index contributed by atoms with van der Waals surface area (Å²) < 4.78 is 20.4. The zero-order chi connectivity index (χ0) is 29.5. The van der Waals surface area contributed by atoms with Crippen LogP contribution in [0.25, 0.3) is 56.0 Å². The summed E-state index contributed by atoms with van der Waals surface area (Å²) in [5.74, 6) is 0.640. The van der Waals surface area contributed by atoms with Gasteiger partial charge >= 0.3 is 0 Å². The van der Waals surface area contributed by atoms with Crippen molar-refractivity contribution < 1.29 is 13.9 Å². The molecule has 1 aliphatic carbocycles. The molecular weight excluding hydrogens is 549 g/mol. The number of carbonyl (C=O) groups excluding carboxylic acids is 1. The van der Waals surface area contributed by atoms with Gasteiger partial charge in [-0.1, -0.05) is 0 Å². The van der Waals surface area contributed by atoms with Crippen molar-refractivity contribution in [3.63, 3.8) is 0 Å². The molecule has 0 spiro atoms. The summed E-state index contributed by atoms with van der Waals surface area (Å²) in [6.45, 7) is 1.13. The molecule has 216 valence electrons. The summed E-state index contributed by atoms with van der Waals surface area (Å²) in [4.78, 5) is 35.8. The number of imidazole rings is 1. The minimum atomic E-state index is -0.420. The maximum atomic E-state index is 14.6. The SMILES string of the molecule is CN(C)CCOc1cc(F)cc(-c2nccc3[nH]c(-c4n[nH]c5cnc(-c6cncc(NC(=O)C7CC7)c6)cc45)nc23)c1. The Labute approximate surface area is 245 Å². The largest absolute Gasteiger partial charge is 0.492 e. The number of hydrogen-bond acceptors (Lipinski definition) is 8. The molecule has 3 N–H and O–H groups in total. The lowest BCUT2D eigenvalue weighted by atomic mass is 10.1. The number of pyridine rings is 3. The van der Waals surface area contributed by atoms with Crippen LogP contribution in [0, 0.1) is 11.7 Å². The standard InChI is InChI=1S/C31H28FN9O2/c1-41(2)7-8-43-22-11-18(9-20(32)12-22)27-29-24(5-6-34-27)37-30(38-29)28-23-13-25(35-16-26(23)39-40-28)19-10-21(15-33-14-19)36-31(42)17-3-4-17/h5-6,9-17H,3-4,7-8H2,1-2H3,(H,36,42)(H,37,38)(H,39,40). The Kier molecular flexibility index (Phi) is 6.74. The van der Waals surface area contributed by atoms with Crippen molar-refractivity contribution in [3.05, 3.63) is 67.0 Å². The first kappa shape index (κ1) is 26.7. The van der Waals surface area contributed by atoms with E-state index in [1.807, 2.05) is 37.2 Å². The van der Waals surface area contributed by atoms with Gasteiger partial charge in [0.25, 0.3) is 0 Å². The quantitative estimate of drug-likeness (QED) is 0.217. The van der Waals surface area contributed by atoms with E-state index < -0.39 is 5.82 Å². The maximum absolute atomic E-state index is 14.6. The van der Waals surface area contributed by atoms with Gasteiger partial charge in [-0.25, -0.2) is 9.37 Å². The number of ether oxygens (including phenoxy) is 1. The van der Waals surface area contributed by atoms with Gasteiger partial charge in [0.1, 0.15) is 29.4 Å². The number of nitrogens with one attached hydrogen (secondary N) is 3. The van der Waals surface area contributed by atoms with Crippen molar-refractivity contribution in [3.8, 4) is 39.8 Å². The van der Waals surface area contributed by atoms with Crippen molar-refractivity contribution in [1.29, 1.82) is 0 Å². The molecule has 11 nitrogen and oxygen atoms in total. The van der Waals surface area contributed by atoms with Gasteiger partial charge in [-0.05, 0) is 57.3 Å². The third-order valence-electron chi connectivity index (χ3n) is 7.27. The Morgan fingerprint density at radius 3 is 2.77 bits per heavy atom. The highest BCUT2D eigenvalue weighted by Gasteiger charge is 2.29. The summed E-state index contributed by atoms with van der Waals surface area (Å²) in [6, 6.07) is 10.1. The number of halogens is 1. The van der Waals surface area contributed by atoms with Crippen LogP contribution in [0.5, 0.6) is 5.75 Å². The third kappa shape index (κ3) is 5.52. The number of benzene rings is 1. The van der Waals surface area contributed by atoms with Gasteiger partial charge in [0.15, 0.2) is 5.82 Å². The van der Waals surface area contributed by atoms with E-state index in [0.717, 1.165) is 34.8 Å². The maximum Gasteiger partial charge on any atom is 0.227 e. The Balaban J connectivity index is 1.23. The number of anilines is 1. The molecule has 0 atom stereocenters. The topological polar surface area (TPSA) is 138 Å². The molecule has 6 aromatic rings. The van der Waals surface area contributed by atoms with E-state index in [4.69, 9.17) is 9.72 Å². The minimum Gasteiger partial charge on any atom is -0.492 e.